The molecule has 0 amide bonds. The van der Waals surface area contributed by atoms with E-state index in [-0.39, 0.29) is 0 Å². The van der Waals surface area contributed by atoms with Crippen molar-refractivity contribution in [2.75, 3.05) is 0 Å². The monoisotopic (exact) mass is 794 g/mol. The molecule has 2 aliphatic rings. The summed E-state index contributed by atoms with van der Waals surface area (Å²) < 4.78 is 0. The molecule has 0 heteroatoms. The van der Waals surface area contributed by atoms with Gasteiger partial charge in [-0.3, -0.25) is 0 Å². The zero-order chi connectivity index (χ0) is 41.2. The van der Waals surface area contributed by atoms with Crippen molar-refractivity contribution in [2.45, 2.75) is 5.41 Å². The summed E-state index contributed by atoms with van der Waals surface area (Å²) in [6, 6.07) is 86.6. The number of fused-ring (bicyclic) bond motifs is 17. The maximum Gasteiger partial charge on any atom is 0.0731 e. The molecular weight excluding hydrogens is 757 g/mol. The van der Waals surface area contributed by atoms with Gasteiger partial charge in [0.25, 0.3) is 0 Å². The molecule has 12 aromatic rings. The Bertz CT molecular complexity index is 3810. The molecule has 12 aromatic carbocycles. The highest BCUT2D eigenvalue weighted by Gasteiger charge is 2.52. The first-order valence-electron chi connectivity index (χ1n) is 22.1. The minimum absolute atomic E-state index is 0.440. The van der Waals surface area contributed by atoms with Gasteiger partial charge in [0.1, 0.15) is 0 Å². The van der Waals surface area contributed by atoms with Crippen molar-refractivity contribution in [2.24, 2.45) is 0 Å². The van der Waals surface area contributed by atoms with Gasteiger partial charge in [-0.1, -0.05) is 218 Å². The van der Waals surface area contributed by atoms with Gasteiger partial charge in [0.05, 0.1) is 5.41 Å². The first-order chi connectivity index (χ1) is 31.3. The summed E-state index contributed by atoms with van der Waals surface area (Å²) in [4.78, 5) is 0. The molecule has 0 aliphatic heterocycles. The van der Waals surface area contributed by atoms with Crippen molar-refractivity contribution in [3.63, 3.8) is 0 Å². The van der Waals surface area contributed by atoms with Crippen molar-refractivity contribution < 1.29 is 0 Å². The molecule has 0 unspecified atom stereocenters. The van der Waals surface area contributed by atoms with Gasteiger partial charge < -0.3 is 0 Å². The minimum Gasteiger partial charge on any atom is -0.0619 e. The van der Waals surface area contributed by atoms with Crippen LogP contribution in [0.2, 0.25) is 0 Å². The molecule has 290 valence electrons. The van der Waals surface area contributed by atoms with Crippen LogP contribution in [-0.4, -0.2) is 0 Å². The Morgan fingerprint density at radius 3 is 1.40 bits per heavy atom. The summed E-state index contributed by atoms with van der Waals surface area (Å²) in [6.07, 6.45) is 0. The van der Waals surface area contributed by atoms with E-state index in [1.54, 1.807) is 0 Å². The quantitative estimate of drug-likeness (QED) is 0.156. The third kappa shape index (κ3) is 4.65. The standard InChI is InChI=1S/C63H38/c1-3-20-45-39(15-1)17-14-28-46(45)41-18-13-19-43(37-41)59-51-24-5-7-26-53(51)60(54-27-8-6-25-52(54)59)44-32-34-48-42(38-44)31-35-55-61-47-21-4-2-16-40(47)33-36-58(61)63(62(48)55)56-29-11-9-22-49(56)50-23-10-12-30-57(50)63/h1-38H. The van der Waals surface area contributed by atoms with E-state index in [0.29, 0.717) is 0 Å². The van der Waals surface area contributed by atoms with Crippen LogP contribution >= 0.6 is 0 Å². The number of hydrogen-bond donors (Lipinski definition) is 0. The summed E-state index contributed by atoms with van der Waals surface area (Å²) in [5.41, 5.74) is 17.9. The largest absolute Gasteiger partial charge is 0.0731 e. The molecule has 0 atom stereocenters. The summed E-state index contributed by atoms with van der Waals surface area (Å²) in [5, 5.41) is 12.7. The lowest BCUT2D eigenvalue weighted by Crippen LogP contribution is -2.26. The Balaban J connectivity index is 1.02. The van der Waals surface area contributed by atoms with Crippen LogP contribution in [0.3, 0.4) is 0 Å². The van der Waals surface area contributed by atoms with Crippen LogP contribution in [-0.2, 0) is 5.41 Å². The molecule has 63 heavy (non-hydrogen) atoms. The molecule has 0 N–H and O–H groups in total. The molecule has 0 radical (unpaired) electrons. The van der Waals surface area contributed by atoms with Crippen LogP contribution in [0.15, 0.2) is 231 Å². The van der Waals surface area contributed by atoms with Gasteiger partial charge in [-0.05, 0) is 144 Å². The van der Waals surface area contributed by atoms with E-state index in [9.17, 15) is 0 Å². The van der Waals surface area contributed by atoms with Gasteiger partial charge in [-0.15, -0.1) is 0 Å². The van der Waals surface area contributed by atoms with E-state index < -0.39 is 5.41 Å². The second-order valence-corrected chi connectivity index (χ2v) is 17.4. The van der Waals surface area contributed by atoms with E-state index in [0.717, 1.165) is 0 Å². The average molecular weight is 795 g/mol. The maximum absolute atomic E-state index is 2.46. The van der Waals surface area contributed by atoms with Gasteiger partial charge in [0, 0.05) is 0 Å². The van der Waals surface area contributed by atoms with Gasteiger partial charge in [0.2, 0.25) is 0 Å². The Morgan fingerprint density at radius 1 is 0.222 bits per heavy atom. The van der Waals surface area contributed by atoms with Crippen LogP contribution in [0.4, 0.5) is 0 Å². The molecule has 0 fully saturated rings. The van der Waals surface area contributed by atoms with E-state index in [1.165, 1.54) is 132 Å². The number of hydrogen-bond acceptors (Lipinski definition) is 0. The van der Waals surface area contributed by atoms with Crippen molar-refractivity contribution in [1.82, 2.24) is 0 Å². The van der Waals surface area contributed by atoms with Crippen molar-refractivity contribution in [3.8, 4) is 55.6 Å². The fourth-order valence-electron chi connectivity index (χ4n) is 12.0. The van der Waals surface area contributed by atoms with Crippen molar-refractivity contribution >= 4 is 53.9 Å². The van der Waals surface area contributed by atoms with Crippen LogP contribution in [0, 0.1) is 0 Å². The summed E-state index contributed by atoms with van der Waals surface area (Å²) in [7, 11) is 0. The SMILES string of the molecule is c1cc(-c2cccc3ccccc23)cc(-c2c3ccccc3c(-c3ccc4c5c(ccc4c3)-c3c(ccc4ccccc34)C53c4ccccc4-c4ccccc43)c3ccccc23)c1. The lowest BCUT2D eigenvalue weighted by Gasteiger charge is -2.31. The Hall–Kier alpha value is -8.06. The van der Waals surface area contributed by atoms with Crippen LogP contribution < -0.4 is 0 Å². The lowest BCUT2D eigenvalue weighted by molar-refractivity contribution is 0.802. The molecule has 0 aromatic heterocycles. The lowest BCUT2D eigenvalue weighted by atomic mass is 9.69. The van der Waals surface area contributed by atoms with E-state index in [2.05, 4.69) is 231 Å². The van der Waals surface area contributed by atoms with Crippen LogP contribution in [0.1, 0.15) is 22.3 Å². The van der Waals surface area contributed by atoms with Crippen LogP contribution in [0.5, 0.6) is 0 Å². The Labute approximate surface area is 366 Å². The molecule has 0 nitrogen and oxygen atoms in total. The Kier molecular flexibility index (Phi) is 7.13. The fraction of sp³-hybridized carbons (Fsp3) is 0.0159. The summed E-state index contributed by atoms with van der Waals surface area (Å²) in [6.45, 7) is 0. The smallest absolute Gasteiger partial charge is 0.0619 e. The van der Waals surface area contributed by atoms with E-state index in [4.69, 9.17) is 0 Å². The molecule has 2 aliphatic carbocycles. The first kappa shape index (κ1) is 34.6. The zero-order valence-electron chi connectivity index (χ0n) is 34.4. The number of rotatable bonds is 3. The predicted molar refractivity (Wildman–Crippen MR) is 267 cm³/mol. The second-order valence-electron chi connectivity index (χ2n) is 17.4. The van der Waals surface area contributed by atoms with Gasteiger partial charge >= 0.3 is 0 Å². The highest BCUT2D eigenvalue weighted by molar-refractivity contribution is 6.22. The molecule has 0 bridgehead atoms. The predicted octanol–water partition coefficient (Wildman–Crippen LogP) is 16.8. The molecule has 1 spiro atoms. The molecule has 0 saturated heterocycles. The van der Waals surface area contributed by atoms with Gasteiger partial charge in [0.15, 0.2) is 0 Å². The Morgan fingerprint density at radius 2 is 0.714 bits per heavy atom. The third-order valence-electron chi connectivity index (χ3n) is 14.4. The third-order valence-corrected chi connectivity index (χ3v) is 14.4. The van der Waals surface area contributed by atoms with E-state index in [1.807, 2.05) is 0 Å². The van der Waals surface area contributed by atoms with Crippen molar-refractivity contribution in [3.05, 3.63) is 253 Å². The summed E-state index contributed by atoms with van der Waals surface area (Å²) >= 11 is 0. The second kappa shape index (κ2) is 13.0. The molecule has 0 saturated carbocycles. The highest BCUT2D eigenvalue weighted by atomic mass is 14.5. The molecule has 14 rings (SSSR count). The normalized spacial score (nSPS) is 13.2. The van der Waals surface area contributed by atoms with Gasteiger partial charge in [-0.25, -0.2) is 0 Å². The molecular formula is C63H38. The molecule has 0 heterocycles. The maximum atomic E-state index is 2.46. The van der Waals surface area contributed by atoms with Crippen molar-refractivity contribution in [1.29, 1.82) is 0 Å². The first-order valence-corrected chi connectivity index (χ1v) is 22.1. The number of benzene rings is 12. The summed E-state index contributed by atoms with van der Waals surface area (Å²) in [5.74, 6) is 0. The van der Waals surface area contributed by atoms with Gasteiger partial charge in [-0.2, -0.15) is 0 Å². The van der Waals surface area contributed by atoms with Crippen LogP contribution in [0.25, 0.3) is 109 Å². The fourth-order valence-corrected chi connectivity index (χ4v) is 12.0. The minimum atomic E-state index is -0.440. The van der Waals surface area contributed by atoms with E-state index >= 15 is 0 Å². The zero-order valence-corrected chi connectivity index (χ0v) is 34.4. The highest BCUT2D eigenvalue weighted by Crippen LogP contribution is 2.65. The average Bonchev–Trinajstić information content (AvgIpc) is 3.83. The topological polar surface area (TPSA) is 0 Å².